The Kier molecular flexibility index (Phi) is 7.69. The van der Waals surface area contributed by atoms with E-state index in [-0.39, 0.29) is 23.8 Å². The molecule has 0 saturated carbocycles. The number of ether oxygens (including phenoxy) is 2. The number of nitrogens with one attached hydrogen (secondary N) is 1. The lowest BCUT2D eigenvalue weighted by Crippen LogP contribution is -2.20. The third-order valence-corrected chi connectivity index (χ3v) is 5.77. The third kappa shape index (κ3) is 5.87. The van der Waals surface area contributed by atoms with Crippen LogP contribution in [0.5, 0.6) is 5.75 Å². The number of hydrogen-bond acceptors (Lipinski definition) is 6. The van der Waals surface area contributed by atoms with Gasteiger partial charge in [0.1, 0.15) is 17.1 Å². The van der Waals surface area contributed by atoms with Gasteiger partial charge in [0.2, 0.25) is 5.78 Å². The maximum absolute atomic E-state index is 13.5. The molecule has 1 N–H and O–H groups in total. The molecule has 1 heterocycles. The van der Waals surface area contributed by atoms with E-state index in [9.17, 15) is 18.8 Å². The fourth-order valence-corrected chi connectivity index (χ4v) is 4.00. The van der Waals surface area contributed by atoms with Crippen LogP contribution in [0.2, 0.25) is 5.02 Å². The van der Waals surface area contributed by atoms with Gasteiger partial charge in [0.25, 0.3) is 5.91 Å². The number of rotatable bonds is 7. The van der Waals surface area contributed by atoms with E-state index in [1.807, 2.05) is 0 Å². The molecule has 1 aliphatic rings. The number of benzene rings is 3. The first-order chi connectivity index (χ1) is 17.8. The van der Waals surface area contributed by atoms with Crippen molar-refractivity contribution < 1.29 is 28.2 Å². The van der Waals surface area contributed by atoms with Crippen LogP contribution in [0.1, 0.15) is 12.5 Å². The first-order valence-electron chi connectivity index (χ1n) is 11.2. The summed E-state index contributed by atoms with van der Waals surface area (Å²) in [6.45, 7) is 1.41. The minimum absolute atomic E-state index is 0.0938. The van der Waals surface area contributed by atoms with Gasteiger partial charge in [-0.15, -0.1) is 0 Å². The molecular formula is C28H22ClFN2O5. The van der Waals surface area contributed by atoms with E-state index in [1.54, 1.807) is 66.4 Å². The zero-order chi connectivity index (χ0) is 26.5. The van der Waals surface area contributed by atoms with E-state index >= 15 is 0 Å². The summed E-state index contributed by atoms with van der Waals surface area (Å²) in [6.07, 6.45) is 1.61. The summed E-state index contributed by atoms with van der Waals surface area (Å²) in [5.41, 5.74) is 2.21. The Morgan fingerprint density at radius 2 is 1.76 bits per heavy atom. The van der Waals surface area contributed by atoms with Crippen LogP contribution >= 0.6 is 11.6 Å². The van der Waals surface area contributed by atoms with Gasteiger partial charge in [-0.2, -0.15) is 0 Å². The highest BCUT2D eigenvalue weighted by Crippen LogP contribution is 2.35. The molecule has 7 nitrogen and oxygen atoms in total. The Bertz CT molecular complexity index is 1420. The van der Waals surface area contributed by atoms with Gasteiger partial charge in [-0.05, 0) is 73.2 Å². The van der Waals surface area contributed by atoms with Crippen LogP contribution in [-0.4, -0.2) is 31.4 Å². The molecule has 9 heteroatoms. The Hall–Kier alpha value is -4.43. The lowest BCUT2D eigenvalue weighted by atomic mass is 10.1. The molecular weight excluding hydrogens is 499 g/mol. The van der Waals surface area contributed by atoms with Crippen LogP contribution < -0.4 is 15.0 Å². The van der Waals surface area contributed by atoms with Gasteiger partial charge in [0.05, 0.1) is 12.8 Å². The van der Waals surface area contributed by atoms with Crippen molar-refractivity contribution >= 4 is 46.7 Å². The van der Waals surface area contributed by atoms with Crippen LogP contribution in [0, 0.1) is 5.82 Å². The standard InChI is InChI=1S/C28H22ClFN2O5/c1-17-26(28(35)36-2)27(34)24(32(17)22-10-8-20(30)9-11-22)14-18-6-12-23(13-7-18)37-16-25(33)31-21-5-3-4-19(29)15-21/h3-15H,16H2,1-2H3,(H,31,33)/b24-14-. The van der Waals surface area contributed by atoms with Gasteiger partial charge < -0.3 is 19.7 Å². The van der Waals surface area contributed by atoms with Crippen LogP contribution in [0.4, 0.5) is 15.8 Å². The Morgan fingerprint density at radius 1 is 1.05 bits per heavy atom. The molecule has 0 radical (unpaired) electrons. The van der Waals surface area contributed by atoms with Crippen molar-refractivity contribution in [1.29, 1.82) is 0 Å². The predicted molar refractivity (Wildman–Crippen MR) is 139 cm³/mol. The molecule has 4 rings (SSSR count). The number of hydrogen-bond donors (Lipinski definition) is 1. The van der Waals surface area contributed by atoms with Crippen molar-refractivity contribution in [3.8, 4) is 5.75 Å². The van der Waals surface area contributed by atoms with Gasteiger partial charge >= 0.3 is 5.97 Å². The first-order valence-corrected chi connectivity index (χ1v) is 11.5. The monoisotopic (exact) mass is 520 g/mol. The topological polar surface area (TPSA) is 84.9 Å². The number of ketones is 1. The minimum atomic E-state index is -0.752. The second-order valence-electron chi connectivity index (χ2n) is 8.04. The maximum atomic E-state index is 13.5. The van der Waals surface area contributed by atoms with Crippen molar-refractivity contribution in [1.82, 2.24) is 0 Å². The number of esters is 1. The lowest BCUT2D eigenvalue weighted by Gasteiger charge is -2.21. The molecule has 0 spiro atoms. The molecule has 0 atom stereocenters. The highest BCUT2D eigenvalue weighted by atomic mass is 35.5. The average Bonchev–Trinajstić information content (AvgIpc) is 3.12. The van der Waals surface area contributed by atoms with Gasteiger partial charge in [-0.3, -0.25) is 9.59 Å². The Morgan fingerprint density at radius 3 is 2.41 bits per heavy atom. The van der Waals surface area contributed by atoms with Crippen LogP contribution in [-0.2, 0) is 19.1 Å². The number of anilines is 2. The summed E-state index contributed by atoms with van der Waals surface area (Å²) in [5.74, 6) is -1.59. The Balaban J connectivity index is 1.51. The van der Waals surface area contributed by atoms with Crippen molar-refractivity contribution in [2.24, 2.45) is 0 Å². The largest absolute Gasteiger partial charge is 0.484 e. The first kappa shape index (κ1) is 25.7. The number of Topliss-reactive ketones (excluding diaryl/α,β-unsaturated/α-hetero) is 1. The zero-order valence-corrected chi connectivity index (χ0v) is 20.7. The number of halogens is 2. The number of carbonyl (C=O) groups excluding carboxylic acids is 3. The van der Waals surface area contributed by atoms with Crippen LogP contribution in [0.25, 0.3) is 6.08 Å². The van der Waals surface area contributed by atoms with E-state index in [4.69, 9.17) is 21.1 Å². The fraction of sp³-hybridized carbons (Fsp3) is 0.107. The smallest absolute Gasteiger partial charge is 0.343 e. The molecule has 1 aliphatic heterocycles. The summed E-state index contributed by atoms with van der Waals surface area (Å²) in [6, 6.07) is 19.1. The maximum Gasteiger partial charge on any atom is 0.343 e. The van der Waals surface area contributed by atoms with Crippen molar-refractivity contribution in [2.75, 3.05) is 23.9 Å². The summed E-state index contributed by atoms with van der Waals surface area (Å²) in [5, 5.41) is 3.20. The lowest BCUT2D eigenvalue weighted by molar-refractivity contribution is -0.137. The van der Waals surface area contributed by atoms with Gasteiger partial charge in [-0.1, -0.05) is 29.8 Å². The molecule has 0 unspecified atom stereocenters. The van der Waals surface area contributed by atoms with Gasteiger partial charge in [-0.25, -0.2) is 9.18 Å². The predicted octanol–water partition coefficient (Wildman–Crippen LogP) is 5.37. The number of methoxy groups -OCH3 is 1. The number of amides is 1. The molecule has 37 heavy (non-hydrogen) atoms. The zero-order valence-electron chi connectivity index (χ0n) is 20.0. The highest BCUT2D eigenvalue weighted by Gasteiger charge is 2.38. The molecule has 0 bridgehead atoms. The Labute approximate surface area is 217 Å². The molecule has 188 valence electrons. The quantitative estimate of drug-likeness (QED) is 0.256. The normalized spacial score (nSPS) is 14.2. The molecule has 3 aromatic carbocycles. The summed E-state index contributed by atoms with van der Waals surface area (Å²) in [7, 11) is 1.20. The van der Waals surface area contributed by atoms with Crippen LogP contribution in [0.3, 0.4) is 0 Å². The van der Waals surface area contributed by atoms with Gasteiger partial charge in [0, 0.05) is 22.1 Å². The summed E-state index contributed by atoms with van der Waals surface area (Å²) >= 11 is 5.92. The van der Waals surface area contributed by atoms with E-state index < -0.39 is 17.6 Å². The SMILES string of the molecule is COC(=O)C1=C(C)N(c2ccc(F)cc2)/C(=C\c2ccc(OCC(=O)Nc3cccc(Cl)c3)cc2)C1=O. The molecule has 0 saturated heterocycles. The van der Waals surface area contributed by atoms with E-state index in [1.165, 1.54) is 31.4 Å². The third-order valence-electron chi connectivity index (χ3n) is 5.53. The number of allylic oxidation sites excluding steroid dienone is 2. The summed E-state index contributed by atoms with van der Waals surface area (Å²) < 4.78 is 23.8. The minimum Gasteiger partial charge on any atom is -0.484 e. The average molecular weight is 521 g/mol. The van der Waals surface area contributed by atoms with E-state index in [0.717, 1.165) is 0 Å². The molecule has 0 aliphatic carbocycles. The van der Waals surface area contributed by atoms with Crippen molar-refractivity contribution in [2.45, 2.75) is 6.92 Å². The highest BCUT2D eigenvalue weighted by molar-refractivity contribution is 6.31. The molecule has 0 fully saturated rings. The van der Waals surface area contributed by atoms with E-state index in [2.05, 4.69) is 5.32 Å². The van der Waals surface area contributed by atoms with Crippen molar-refractivity contribution in [3.63, 3.8) is 0 Å². The van der Waals surface area contributed by atoms with Gasteiger partial charge in [0.15, 0.2) is 6.61 Å². The molecule has 1 amide bonds. The molecule has 0 aromatic heterocycles. The second-order valence-corrected chi connectivity index (χ2v) is 8.48. The number of nitrogens with zero attached hydrogens (tertiary/aromatic N) is 1. The summed E-state index contributed by atoms with van der Waals surface area (Å²) in [4.78, 5) is 39.2. The van der Waals surface area contributed by atoms with Crippen LogP contribution in [0.15, 0.2) is 89.8 Å². The number of carbonyl (C=O) groups is 3. The second kappa shape index (κ2) is 11.1. The molecule has 3 aromatic rings. The van der Waals surface area contributed by atoms with E-state index in [0.29, 0.717) is 33.4 Å². The van der Waals surface area contributed by atoms with Crippen molar-refractivity contribution in [3.05, 3.63) is 106 Å². The fourth-order valence-electron chi connectivity index (χ4n) is 3.81.